The van der Waals surface area contributed by atoms with E-state index in [9.17, 15) is 9.59 Å². The molecule has 0 saturated carbocycles. The average Bonchev–Trinajstić information content (AvgIpc) is 3.27. The number of benzene rings is 1. The Kier molecular flexibility index (Phi) is 5.94. The largest absolute Gasteiger partial charge is 0.350 e. The smallest absolute Gasteiger partial charge is 0.247 e. The van der Waals surface area contributed by atoms with E-state index < -0.39 is 6.04 Å². The van der Waals surface area contributed by atoms with Crippen molar-refractivity contribution in [3.8, 4) is 0 Å². The normalized spacial score (nSPS) is 17.2. The molecule has 130 valence electrons. The molecule has 3 rings (SSSR count). The van der Waals surface area contributed by atoms with Crippen LogP contribution in [0, 0.1) is 6.92 Å². The maximum absolute atomic E-state index is 12.5. The molecular weight excluding hydrogens is 352 g/mol. The Labute approximate surface area is 155 Å². The SMILES string of the molecule is Cc1ccc(/C=C/C(=O)N2CSC[C@@H]2C(=O)NCc2ccccc2)s1. The summed E-state index contributed by atoms with van der Waals surface area (Å²) in [5, 5.41) is 2.93. The number of rotatable bonds is 5. The minimum absolute atomic E-state index is 0.0948. The van der Waals surface area contributed by atoms with E-state index in [1.165, 1.54) is 4.88 Å². The van der Waals surface area contributed by atoms with Gasteiger partial charge in [-0.2, -0.15) is 0 Å². The van der Waals surface area contributed by atoms with Crippen LogP contribution in [0.4, 0.5) is 0 Å². The first-order valence-electron chi connectivity index (χ1n) is 8.08. The first-order chi connectivity index (χ1) is 12.1. The van der Waals surface area contributed by atoms with Crippen molar-refractivity contribution >= 4 is 41.0 Å². The topological polar surface area (TPSA) is 49.4 Å². The van der Waals surface area contributed by atoms with Gasteiger partial charge in [-0.05, 0) is 30.7 Å². The van der Waals surface area contributed by atoms with Crippen LogP contribution in [-0.2, 0) is 16.1 Å². The molecule has 6 heteroatoms. The van der Waals surface area contributed by atoms with Crippen LogP contribution >= 0.6 is 23.1 Å². The van der Waals surface area contributed by atoms with Crippen molar-refractivity contribution in [3.05, 3.63) is 63.9 Å². The number of thiophene rings is 1. The van der Waals surface area contributed by atoms with E-state index >= 15 is 0 Å². The summed E-state index contributed by atoms with van der Waals surface area (Å²) >= 11 is 3.25. The molecule has 1 aliphatic rings. The van der Waals surface area contributed by atoms with E-state index in [1.807, 2.05) is 55.5 Å². The number of hydrogen-bond donors (Lipinski definition) is 1. The Morgan fingerprint density at radius 1 is 1.24 bits per heavy atom. The summed E-state index contributed by atoms with van der Waals surface area (Å²) in [7, 11) is 0. The minimum Gasteiger partial charge on any atom is -0.350 e. The molecular formula is C19H20N2O2S2. The van der Waals surface area contributed by atoms with Gasteiger partial charge in [-0.3, -0.25) is 9.59 Å². The molecule has 0 unspecified atom stereocenters. The van der Waals surface area contributed by atoms with Crippen molar-refractivity contribution in [2.75, 3.05) is 11.6 Å². The van der Waals surface area contributed by atoms with Gasteiger partial charge in [0.25, 0.3) is 0 Å². The lowest BCUT2D eigenvalue weighted by molar-refractivity contribution is -0.134. The van der Waals surface area contributed by atoms with Crippen LogP contribution in [0.5, 0.6) is 0 Å². The predicted octanol–water partition coefficient (Wildman–Crippen LogP) is 3.29. The van der Waals surface area contributed by atoms with E-state index in [2.05, 4.69) is 5.32 Å². The third kappa shape index (κ3) is 4.74. The molecule has 2 aromatic rings. The van der Waals surface area contributed by atoms with Gasteiger partial charge in [0.05, 0.1) is 5.88 Å². The summed E-state index contributed by atoms with van der Waals surface area (Å²) in [5.41, 5.74) is 1.05. The quantitative estimate of drug-likeness (QED) is 0.820. The van der Waals surface area contributed by atoms with Crippen molar-refractivity contribution < 1.29 is 9.59 Å². The third-order valence-corrected chi connectivity index (χ3v) is 5.91. The fraction of sp³-hybridized carbons (Fsp3) is 0.263. The van der Waals surface area contributed by atoms with Crippen LogP contribution in [-0.4, -0.2) is 34.4 Å². The van der Waals surface area contributed by atoms with Gasteiger partial charge in [-0.1, -0.05) is 30.3 Å². The first kappa shape index (κ1) is 17.8. The van der Waals surface area contributed by atoms with Crippen molar-refractivity contribution in [3.63, 3.8) is 0 Å². The van der Waals surface area contributed by atoms with Gasteiger partial charge in [0.2, 0.25) is 11.8 Å². The van der Waals surface area contributed by atoms with Crippen LogP contribution in [0.3, 0.4) is 0 Å². The Morgan fingerprint density at radius 3 is 2.76 bits per heavy atom. The number of carbonyl (C=O) groups is 2. The summed E-state index contributed by atoms with van der Waals surface area (Å²) in [6, 6.07) is 13.4. The molecule has 1 atom stereocenters. The Hall–Kier alpha value is -2.05. The lowest BCUT2D eigenvalue weighted by atomic mass is 10.2. The molecule has 0 spiro atoms. The molecule has 1 aromatic carbocycles. The zero-order valence-electron chi connectivity index (χ0n) is 14.0. The second-order valence-corrected chi connectivity index (χ2v) is 8.13. The number of nitrogens with zero attached hydrogens (tertiary/aromatic N) is 1. The van der Waals surface area contributed by atoms with Gasteiger partial charge in [0.15, 0.2) is 0 Å². The Morgan fingerprint density at radius 2 is 2.04 bits per heavy atom. The molecule has 0 bridgehead atoms. The highest BCUT2D eigenvalue weighted by atomic mass is 32.2. The zero-order valence-corrected chi connectivity index (χ0v) is 15.6. The molecule has 1 aromatic heterocycles. The van der Waals surface area contributed by atoms with Crippen LogP contribution in [0.15, 0.2) is 48.5 Å². The van der Waals surface area contributed by atoms with E-state index in [-0.39, 0.29) is 11.8 Å². The molecule has 2 heterocycles. The van der Waals surface area contributed by atoms with Gasteiger partial charge < -0.3 is 10.2 Å². The van der Waals surface area contributed by atoms with Crippen LogP contribution in [0.25, 0.3) is 6.08 Å². The van der Waals surface area contributed by atoms with E-state index in [0.717, 1.165) is 10.4 Å². The molecule has 0 radical (unpaired) electrons. The number of hydrogen-bond acceptors (Lipinski definition) is 4. The summed E-state index contributed by atoms with van der Waals surface area (Å²) in [6.45, 7) is 2.52. The highest BCUT2D eigenvalue weighted by Crippen LogP contribution is 2.22. The summed E-state index contributed by atoms with van der Waals surface area (Å²) < 4.78 is 0. The number of aryl methyl sites for hydroxylation is 1. The van der Waals surface area contributed by atoms with Gasteiger partial charge in [0.1, 0.15) is 6.04 Å². The predicted molar refractivity (Wildman–Crippen MR) is 104 cm³/mol. The van der Waals surface area contributed by atoms with Gasteiger partial charge in [0, 0.05) is 28.1 Å². The molecule has 1 saturated heterocycles. The molecule has 1 N–H and O–H groups in total. The van der Waals surface area contributed by atoms with Crippen LogP contribution in [0.2, 0.25) is 0 Å². The van der Waals surface area contributed by atoms with Gasteiger partial charge in [-0.25, -0.2) is 0 Å². The van der Waals surface area contributed by atoms with E-state index in [0.29, 0.717) is 18.2 Å². The molecule has 4 nitrogen and oxygen atoms in total. The van der Waals surface area contributed by atoms with Crippen LogP contribution < -0.4 is 5.32 Å². The van der Waals surface area contributed by atoms with Crippen molar-refractivity contribution in [1.29, 1.82) is 0 Å². The van der Waals surface area contributed by atoms with Crippen LogP contribution in [0.1, 0.15) is 15.3 Å². The summed E-state index contributed by atoms with van der Waals surface area (Å²) in [4.78, 5) is 28.8. The van der Waals surface area contributed by atoms with E-state index in [4.69, 9.17) is 0 Å². The highest BCUT2D eigenvalue weighted by molar-refractivity contribution is 7.99. The molecule has 2 amide bonds. The standard InChI is InChI=1S/C19H20N2O2S2/c1-14-7-8-16(25-14)9-10-18(22)21-13-24-12-17(21)19(23)20-11-15-5-3-2-4-6-15/h2-10,17H,11-13H2,1H3,(H,20,23)/b10-9+/t17-/m1/s1. The first-order valence-corrected chi connectivity index (χ1v) is 10.0. The Balaban J connectivity index is 1.58. The number of thioether (sulfide) groups is 1. The van der Waals surface area contributed by atoms with Gasteiger partial charge in [-0.15, -0.1) is 23.1 Å². The zero-order chi connectivity index (χ0) is 17.6. The number of amides is 2. The fourth-order valence-corrected chi connectivity index (χ4v) is 4.52. The monoisotopic (exact) mass is 372 g/mol. The number of carbonyl (C=O) groups excluding carboxylic acids is 2. The fourth-order valence-electron chi connectivity index (χ4n) is 2.57. The Bertz CT molecular complexity index is 771. The highest BCUT2D eigenvalue weighted by Gasteiger charge is 2.33. The van der Waals surface area contributed by atoms with E-state index in [1.54, 1.807) is 34.1 Å². The van der Waals surface area contributed by atoms with Crippen molar-refractivity contribution in [1.82, 2.24) is 10.2 Å². The van der Waals surface area contributed by atoms with Crippen molar-refractivity contribution in [2.24, 2.45) is 0 Å². The third-order valence-electron chi connectivity index (χ3n) is 3.93. The maximum Gasteiger partial charge on any atom is 0.247 e. The molecule has 25 heavy (non-hydrogen) atoms. The molecule has 0 aliphatic carbocycles. The lowest BCUT2D eigenvalue weighted by Crippen LogP contribution is -2.46. The van der Waals surface area contributed by atoms with Crippen molar-refractivity contribution in [2.45, 2.75) is 19.5 Å². The average molecular weight is 373 g/mol. The molecule has 1 aliphatic heterocycles. The minimum atomic E-state index is -0.407. The maximum atomic E-state index is 12.5. The van der Waals surface area contributed by atoms with Gasteiger partial charge >= 0.3 is 0 Å². The second-order valence-electron chi connectivity index (χ2n) is 5.81. The number of nitrogens with one attached hydrogen (secondary N) is 1. The summed E-state index contributed by atoms with van der Waals surface area (Å²) in [5.74, 6) is 0.979. The lowest BCUT2D eigenvalue weighted by Gasteiger charge is -2.21. The summed E-state index contributed by atoms with van der Waals surface area (Å²) in [6.07, 6.45) is 3.39. The molecule has 1 fully saturated rings. The second kappa shape index (κ2) is 8.36.